The zero-order chi connectivity index (χ0) is 14.3. The summed E-state index contributed by atoms with van der Waals surface area (Å²) < 4.78 is 5.43. The molecule has 0 bridgehead atoms. The molecule has 4 heteroatoms. The van der Waals surface area contributed by atoms with Crippen LogP contribution in [0.4, 0.5) is 0 Å². The highest BCUT2D eigenvalue weighted by Gasteiger charge is 2.16. The number of alkyl halides is 1. The van der Waals surface area contributed by atoms with Crippen molar-refractivity contribution in [3.05, 3.63) is 28.8 Å². The molecule has 0 N–H and O–H groups in total. The van der Waals surface area contributed by atoms with Crippen LogP contribution in [0.3, 0.4) is 0 Å². The van der Waals surface area contributed by atoms with E-state index in [0.717, 1.165) is 47.6 Å². The van der Waals surface area contributed by atoms with E-state index in [2.05, 4.69) is 34.7 Å². The van der Waals surface area contributed by atoms with Gasteiger partial charge in [-0.2, -0.15) is 0 Å². The van der Waals surface area contributed by atoms with E-state index >= 15 is 0 Å². The second kappa shape index (κ2) is 8.83. The van der Waals surface area contributed by atoms with Crippen LogP contribution in [0, 0.1) is 0 Å². The summed E-state index contributed by atoms with van der Waals surface area (Å²) in [4.78, 5) is 2.49. The van der Waals surface area contributed by atoms with Crippen LogP contribution in [0.2, 0.25) is 5.02 Å². The number of rotatable bonds is 8. The van der Waals surface area contributed by atoms with Gasteiger partial charge in [-0.25, -0.2) is 0 Å². The summed E-state index contributed by atoms with van der Waals surface area (Å²) in [6.45, 7) is 6.39. The Hall–Kier alpha value is -0.250. The summed E-state index contributed by atoms with van der Waals surface area (Å²) in [5.74, 6) is 0.912. The monoisotopic (exact) mass is 347 g/mol. The lowest BCUT2D eigenvalue weighted by Gasteiger charge is -2.30. The average Bonchev–Trinajstić information content (AvgIpc) is 2.40. The van der Waals surface area contributed by atoms with Crippen molar-refractivity contribution in [2.45, 2.75) is 39.3 Å². The van der Waals surface area contributed by atoms with Crippen LogP contribution in [0.5, 0.6) is 5.75 Å². The van der Waals surface area contributed by atoms with Crippen molar-refractivity contribution in [2.75, 3.05) is 19.0 Å². The highest BCUT2D eigenvalue weighted by atomic mass is 79.9. The maximum atomic E-state index is 6.10. The molecule has 0 radical (unpaired) electrons. The molecule has 2 nitrogen and oxygen atoms in total. The molecule has 1 rings (SSSR count). The third-order valence-electron chi connectivity index (χ3n) is 3.45. The summed E-state index contributed by atoms with van der Waals surface area (Å²) >= 11 is 9.64. The van der Waals surface area contributed by atoms with Gasteiger partial charge in [0.25, 0.3) is 0 Å². The van der Waals surface area contributed by atoms with Gasteiger partial charge < -0.3 is 4.74 Å². The molecule has 0 aliphatic heterocycles. The van der Waals surface area contributed by atoms with Crippen LogP contribution >= 0.6 is 27.5 Å². The van der Waals surface area contributed by atoms with Crippen molar-refractivity contribution in [2.24, 2.45) is 0 Å². The third kappa shape index (κ3) is 4.97. The van der Waals surface area contributed by atoms with Gasteiger partial charge >= 0.3 is 0 Å². The lowest BCUT2D eigenvalue weighted by molar-refractivity contribution is 0.187. The van der Waals surface area contributed by atoms with Gasteiger partial charge in [0.05, 0.1) is 7.11 Å². The first kappa shape index (κ1) is 16.8. The maximum Gasteiger partial charge on any atom is 0.123 e. The minimum Gasteiger partial charge on any atom is -0.496 e. The van der Waals surface area contributed by atoms with E-state index in [4.69, 9.17) is 16.3 Å². The van der Waals surface area contributed by atoms with E-state index in [-0.39, 0.29) is 0 Å². The largest absolute Gasteiger partial charge is 0.496 e. The second-order valence-electron chi connectivity index (χ2n) is 4.59. The molecule has 0 saturated heterocycles. The predicted molar refractivity (Wildman–Crippen MR) is 86.6 cm³/mol. The van der Waals surface area contributed by atoms with Crippen molar-refractivity contribution in [1.29, 1.82) is 0 Å². The van der Waals surface area contributed by atoms with Crippen LogP contribution in [0.25, 0.3) is 0 Å². The Balaban J connectivity index is 2.91. The van der Waals surface area contributed by atoms with Crippen LogP contribution in [0.1, 0.15) is 32.3 Å². The van der Waals surface area contributed by atoms with Crippen molar-refractivity contribution < 1.29 is 4.74 Å². The molecule has 0 fully saturated rings. The first-order chi connectivity index (χ1) is 9.15. The number of benzene rings is 1. The SMILES string of the molecule is CCC(CC)N(CCBr)Cc1cc(Cl)ccc1OC. The third-order valence-corrected chi connectivity index (χ3v) is 4.04. The number of methoxy groups -OCH3 is 1. The van der Waals surface area contributed by atoms with Gasteiger partial charge in [-0.1, -0.05) is 41.4 Å². The van der Waals surface area contributed by atoms with Crippen molar-refractivity contribution >= 4 is 27.5 Å². The molecule has 0 atom stereocenters. The van der Waals surface area contributed by atoms with Crippen molar-refractivity contribution in [3.63, 3.8) is 0 Å². The van der Waals surface area contributed by atoms with Gasteiger partial charge in [0.15, 0.2) is 0 Å². The Morgan fingerprint density at radius 1 is 1.32 bits per heavy atom. The fourth-order valence-corrected chi connectivity index (χ4v) is 3.04. The number of nitrogens with zero attached hydrogens (tertiary/aromatic N) is 1. The van der Waals surface area contributed by atoms with E-state index in [1.165, 1.54) is 0 Å². The molecule has 0 unspecified atom stereocenters. The number of hydrogen-bond acceptors (Lipinski definition) is 2. The van der Waals surface area contributed by atoms with Crippen LogP contribution in [0.15, 0.2) is 18.2 Å². The predicted octanol–water partition coefficient (Wildman–Crippen LogP) is 4.73. The zero-order valence-electron chi connectivity index (χ0n) is 12.0. The summed E-state index contributed by atoms with van der Waals surface area (Å²) in [5.41, 5.74) is 1.16. The van der Waals surface area contributed by atoms with E-state index in [1.54, 1.807) is 7.11 Å². The highest BCUT2D eigenvalue weighted by molar-refractivity contribution is 9.09. The Morgan fingerprint density at radius 2 is 2.00 bits per heavy atom. The molecule has 0 heterocycles. The number of ether oxygens (including phenoxy) is 1. The van der Waals surface area contributed by atoms with Crippen LogP contribution in [-0.4, -0.2) is 29.9 Å². The lowest BCUT2D eigenvalue weighted by Crippen LogP contribution is -2.35. The van der Waals surface area contributed by atoms with Gasteiger partial charge in [0.2, 0.25) is 0 Å². The molecular formula is C15H23BrClNO. The lowest BCUT2D eigenvalue weighted by atomic mass is 10.1. The minimum absolute atomic E-state index is 0.598. The topological polar surface area (TPSA) is 12.5 Å². The summed E-state index contributed by atoms with van der Waals surface area (Å²) in [6, 6.07) is 6.41. The van der Waals surface area contributed by atoms with Crippen molar-refractivity contribution in [1.82, 2.24) is 4.90 Å². The average molecular weight is 349 g/mol. The maximum absolute atomic E-state index is 6.10. The molecule has 0 aliphatic rings. The first-order valence-corrected chi connectivity index (χ1v) is 8.28. The highest BCUT2D eigenvalue weighted by Crippen LogP contribution is 2.25. The summed E-state index contributed by atoms with van der Waals surface area (Å²) in [6.07, 6.45) is 2.32. The molecule has 0 spiro atoms. The molecule has 1 aromatic rings. The van der Waals surface area contributed by atoms with Crippen LogP contribution in [-0.2, 0) is 6.54 Å². The van der Waals surface area contributed by atoms with Gasteiger partial charge in [0, 0.05) is 35.0 Å². The Bertz CT molecular complexity index is 382. The Kier molecular flexibility index (Phi) is 7.81. The molecule has 0 saturated carbocycles. The number of halogens is 2. The normalized spacial score (nSPS) is 11.3. The van der Waals surface area contributed by atoms with E-state index in [1.807, 2.05) is 18.2 Å². The summed E-state index contributed by atoms with van der Waals surface area (Å²) in [5, 5.41) is 1.74. The molecule has 108 valence electrons. The van der Waals surface area contributed by atoms with E-state index in [9.17, 15) is 0 Å². The van der Waals surface area contributed by atoms with Gasteiger partial charge in [-0.3, -0.25) is 4.90 Å². The Morgan fingerprint density at radius 3 is 2.53 bits per heavy atom. The van der Waals surface area contributed by atoms with Crippen LogP contribution < -0.4 is 4.74 Å². The molecule has 1 aromatic carbocycles. The fourth-order valence-electron chi connectivity index (χ4n) is 2.39. The Labute approximate surface area is 130 Å². The standard InChI is InChI=1S/C15H23BrClNO/c1-4-14(5-2)18(9-8-16)11-12-10-13(17)6-7-15(12)19-3/h6-7,10,14H,4-5,8-9,11H2,1-3H3. The molecular weight excluding hydrogens is 326 g/mol. The minimum atomic E-state index is 0.598. The smallest absolute Gasteiger partial charge is 0.123 e. The van der Waals surface area contributed by atoms with Crippen molar-refractivity contribution in [3.8, 4) is 5.75 Å². The fraction of sp³-hybridized carbons (Fsp3) is 0.600. The van der Waals surface area contributed by atoms with Gasteiger partial charge in [0.1, 0.15) is 5.75 Å². The molecule has 0 aliphatic carbocycles. The van der Waals surface area contributed by atoms with Gasteiger partial charge in [-0.05, 0) is 31.0 Å². The van der Waals surface area contributed by atoms with E-state index < -0.39 is 0 Å². The zero-order valence-corrected chi connectivity index (χ0v) is 14.3. The van der Waals surface area contributed by atoms with Gasteiger partial charge in [-0.15, -0.1) is 0 Å². The molecule has 19 heavy (non-hydrogen) atoms. The molecule has 0 amide bonds. The second-order valence-corrected chi connectivity index (χ2v) is 5.82. The number of hydrogen-bond donors (Lipinski definition) is 0. The quantitative estimate of drug-likeness (QED) is 0.629. The molecule has 0 aromatic heterocycles. The first-order valence-electron chi connectivity index (χ1n) is 6.78. The van der Waals surface area contributed by atoms with E-state index in [0.29, 0.717) is 6.04 Å². The summed E-state index contributed by atoms with van der Waals surface area (Å²) in [7, 11) is 1.71.